The molecule has 0 aliphatic carbocycles. The molecule has 0 bridgehead atoms. The van der Waals surface area contributed by atoms with Crippen LogP contribution in [0.15, 0.2) is 54.6 Å². The molecule has 31 heavy (non-hydrogen) atoms. The average molecular weight is 448 g/mol. The highest BCUT2D eigenvalue weighted by atomic mass is 31.2. The minimum absolute atomic E-state index is 0.0522. The predicted molar refractivity (Wildman–Crippen MR) is 119 cm³/mol. The summed E-state index contributed by atoms with van der Waals surface area (Å²) in [6.07, 6.45) is -0.393. The van der Waals surface area contributed by atoms with Gasteiger partial charge in [-0.25, -0.2) is 9.59 Å². The second kappa shape index (κ2) is 11.1. The second-order valence-electron chi connectivity index (χ2n) is 7.84. The van der Waals surface area contributed by atoms with E-state index in [4.69, 9.17) is 9.79 Å². The lowest BCUT2D eigenvalue weighted by Gasteiger charge is -2.27. The molecule has 0 saturated carbocycles. The maximum atomic E-state index is 12.6. The van der Waals surface area contributed by atoms with Gasteiger partial charge in [0.2, 0.25) is 0 Å². The van der Waals surface area contributed by atoms with Gasteiger partial charge in [-0.2, -0.15) is 0 Å². The minimum atomic E-state index is -4.28. The summed E-state index contributed by atoms with van der Waals surface area (Å²) in [4.78, 5) is 43.8. The number of amides is 2. The summed E-state index contributed by atoms with van der Waals surface area (Å²) in [6.45, 7) is 3.82. The van der Waals surface area contributed by atoms with Crippen molar-refractivity contribution in [2.75, 3.05) is 19.3 Å². The number of nitrogens with one attached hydrogen (secondary N) is 1. The lowest BCUT2D eigenvalue weighted by molar-refractivity contribution is -0.139. The van der Waals surface area contributed by atoms with E-state index in [9.17, 15) is 19.3 Å². The van der Waals surface area contributed by atoms with E-state index in [0.29, 0.717) is 0 Å². The number of urea groups is 1. The number of hydrogen-bond acceptors (Lipinski definition) is 3. The van der Waals surface area contributed by atoms with Gasteiger partial charge >= 0.3 is 19.6 Å². The van der Waals surface area contributed by atoms with Gasteiger partial charge in [0.15, 0.2) is 0 Å². The van der Waals surface area contributed by atoms with Gasteiger partial charge in [-0.15, -0.1) is 0 Å². The maximum Gasteiger partial charge on any atom is 0.327 e. The Labute approximate surface area is 182 Å². The summed E-state index contributed by atoms with van der Waals surface area (Å²) in [7, 11) is -4.28. The summed E-state index contributed by atoms with van der Waals surface area (Å²) in [5, 5.41) is 12.1. The van der Waals surface area contributed by atoms with Gasteiger partial charge in [-0.1, -0.05) is 68.4 Å². The van der Waals surface area contributed by atoms with Crippen molar-refractivity contribution in [1.82, 2.24) is 10.2 Å². The van der Waals surface area contributed by atoms with Gasteiger partial charge in [-0.3, -0.25) is 4.57 Å². The van der Waals surface area contributed by atoms with Crippen molar-refractivity contribution in [2.24, 2.45) is 5.92 Å². The fourth-order valence-corrected chi connectivity index (χ4v) is 3.61. The van der Waals surface area contributed by atoms with E-state index >= 15 is 0 Å². The first-order valence-electron chi connectivity index (χ1n) is 10.0. The zero-order chi connectivity index (χ0) is 23.0. The first-order chi connectivity index (χ1) is 14.5. The van der Waals surface area contributed by atoms with Crippen LogP contribution in [0, 0.1) is 5.92 Å². The number of aliphatic carboxylic acids is 1. The zero-order valence-electron chi connectivity index (χ0n) is 17.6. The molecule has 0 heterocycles. The van der Waals surface area contributed by atoms with E-state index in [1.807, 2.05) is 68.4 Å². The lowest BCUT2D eigenvalue weighted by Crippen LogP contribution is -2.50. The molecule has 0 aliphatic rings. The van der Waals surface area contributed by atoms with Crippen LogP contribution in [0.3, 0.4) is 0 Å². The molecule has 0 radical (unpaired) electrons. The van der Waals surface area contributed by atoms with Crippen LogP contribution < -0.4 is 5.32 Å². The van der Waals surface area contributed by atoms with E-state index in [-0.39, 0.29) is 25.4 Å². The highest BCUT2D eigenvalue weighted by Gasteiger charge is 2.25. The molecule has 8 nitrogen and oxygen atoms in total. The summed E-state index contributed by atoms with van der Waals surface area (Å²) in [6, 6.07) is 15.4. The molecule has 2 aromatic rings. The van der Waals surface area contributed by atoms with Gasteiger partial charge < -0.3 is 25.1 Å². The van der Waals surface area contributed by atoms with Gasteiger partial charge in [0.25, 0.3) is 0 Å². The number of carbonyl (C=O) groups is 2. The summed E-state index contributed by atoms with van der Waals surface area (Å²) < 4.78 is 11.2. The third kappa shape index (κ3) is 8.53. The van der Waals surface area contributed by atoms with Gasteiger partial charge in [0.05, 0.1) is 6.16 Å². The highest BCUT2D eigenvalue weighted by molar-refractivity contribution is 7.51. The Balaban J connectivity index is 2.07. The van der Waals surface area contributed by atoms with E-state index in [1.54, 1.807) is 0 Å². The highest BCUT2D eigenvalue weighted by Crippen LogP contribution is 2.33. The molecule has 2 rings (SSSR count). The van der Waals surface area contributed by atoms with E-state index < -0.39 is 31.8 Å². The molecular formula is C22H29N2O6P. The number of benzene rings is 2. The quantitative estimate of drug-likeness (QED) is 0.414. The second-order valence-corrected chi connectivity index (χ2v) is 9.61. The Kier molecular flexibility index (Phi) is 8.80. The third-order valence-corrected chi connectivity index (χ3v) is 5.41. The molecule has 0 unspecified atom stereocenters. The Morgan fingerprint density at radius 1 is 1.00 bits per heavy atom. The SMILES string of the molecule is CC(C)CN(CCP(=O)(O)O)C(=O)N[C@@H](Cc1ccc(-c2ccccc2)cc1)C(=O)O. The smallest absolute Gasteiger partial charge is 0.327 e. The molecule has 168 valence electrons. The third-order valence-electron chi connectivity index (χ3n) is 4.63. The van der Waals surface area contributed by atoms with Crippen LogP contribution in [0.1, 0.15) is 19.4 Å². The van der Waals surface area contributed by atoms with E-state index in [0.717, 1.165) is 16.7 Å². The van der Waals surface area contributed by atoms with Crippen LogP contribution in [0.25, 0.3) is 11.1 Å². The number of nitrogens with zero attached hydrogens (tertiary/aromatic N) is 1. The lowest BCUT2D eigenvalue weighted by atomic mass is 10.0. The average Bonchev–Trinajstić information content (AvgIpc) is 2.70. The number of carboxylic acids is 1. The van der Waals surface area contributed by atoms with Crippen molar-refractivity contribution in [2.45, 2.75) is 26.3 Å². The Morgan fingerprint density at radius 3 is 2.10 bits per heavy atom. The number of carbonyl (C=O) groups excluding carboxylic acids is 1. The van der Waals surface area contributed by atoms with E-state index in [2.05, 4.69) is 5.32 Å². The van der Waals surface area contributed by atoms with Gasteiger partial charge in [0.1, 0.15) is 6.04 Å². The van der Waals surface area contributed by atoms with Crippen LogP contribution in [0.4, 0.5) is 4.79 Å². The summed E-state index contributed by atoms with van der Waals surface area (Å²) in [5.41, 5.74) is 2.80. The molecule has 4 N–H and O–H groups in total. The molecule has 0 aromatic heterocycles. The molecule has 0 fully saturated rings. The Morgan fingerprint density at radius 2 is 1.58 bits per heavy atom. The predicted octanol–water partition coefficient (Wildman–Crippen LogP) is 3.19. The van der Waals surface area contributed by atoms with Crippen molar-refractivity contribution in [3.63, 3.8) is 0 Å². The Hall–Kier alpha value is -2.67. The largest absolute Gasteiger partial charge is 0.480 e. The van der Waals surface area contributed by atoms with Crippen LogP contribution >= 0.6 is 7.60 Å². The molecule has 9 heteroatoms. The molecule has 2 amide bonds. The van der Waals surface area contributed by atoms with Gasteiger partial charge in [-0.05, 0) is 22.6 Å². The first-order valence-corrected chi connectivity index (χ1v) is 11.8. The molecule has 1 atom stereocenters. The minimum Gasteiger partial charge on any atom is -0.480 e. The van der Waals surface area contributed by atoms with Crippen molar-refractivity contribution < 1.29 is 29.0 Å². The van der Waals surface area contributed by atoms with Crippen molar-refractivity contribution in [3.8, 4) is 11.1 Å². The number of rotatable bonds is 10. The Bertz CT molecular complexity index is 911. The molecular weight excluding hydrogens is 419 g/mol. The summed E-state index contributed by atoms with van der Waals surface area (Å²) >= 11 is 0. The monoisotopic (exact) mass is 448 g/mol. The molecule has 0 spiro atoms. The van der Waals surface area contributed by atoms with Crippen LogP contribution in [0.2, 0.25) is 0 Å². The number of carboxylic acid groups (broad SMARTS) is 1. The standard InChI is InChI=1S/C22H29N2O6P/c1-16(2)15-24(12-13-31(28,29)30)22(27)23-20(21(25)26)14-17-8-10-19(11-9-17)18-6-4-3-5-7-18/h3-11,16,20H,12-15H2,1-2H3,(H,23,27)(H,25,26)(H2,28,29,30)/t20-/m0/s1. The van der Waals surface area contributed by atoms with Crippen molar-refractivity contribution in [3.05, 3.63) is 60.2 Å². The zero-order valence-corrected chi connectivity index (χ0v) is 18.5. The van der Waals surface area contributed by atoms with Crippen LogP contribution in [-0.2, 0) is 15.8 Å². The number of hydrogen-bond donors (Lipinski definition) is 4. The van der Waals surface area contributed by atoms with E-state index in [1.165, 1.54) is 4.90 Å². The van der Waals surface area contributed by atoms with Crippen LogP contribution in [-0.4, -0.2) is 57.1 Å². The molecule has 0 saturated heterocycles. The maximum absolute atomic E-state index is 12.6. The van der Waals surface area contributed by atoms with Crippen molar-refractivity contribution in [1.29, 1.82) is 0 Å². The van der Waals surface area contributed by atoms with Gasteiger partial charge in [0, 0.05) is 19.5 Å². The fraction of sp³-hybridized carbons (Fsp3) is 0.364. The summed E-state index contributed by atoms with van der Waals surface area (Å²) in [5.74, 6) is -1.13. The van der Waals surface area contributed by atoms with Crippen LogP contribution in [0.5, 0.6) is 0 Å². The molecule has 2 aromatic carbocycles. The normalized spacial score (nSPS) is 12.4. The topological polar surface area (TPSA) is 127 Å². The van der Waals surface area contributed by atoms with Crippen molar-refractivity contribution >= 4 is 19.6 Å². The molecule has 0 aliphatic heterocycles. The fourth-order valence-electron chi connectivity index (χ4n) is 3.11. The first kappa shape index (κ1) is 24.6.